The van der Waals surface area contributed by atoms with Gasteiger partial charge in [0.25, 0.3) is 17.1 Å². The Morgan fingerprint density at radius 1 is 1.03 bits per heavy atom. The molecule has 0 aliphatic carbocycles. The molecule has 0 bridgehead atoms. The van der Waals surface area contributed by atoms with Crippen molar-refractivity contribution in [3.05, 3.63) is 100.0 Å². The zero-order valence-corrected chi connectivity index (χ0v) is 19.0. The summed E-state index contributed by atoms with van der Waals surface area (Å²) in [5, 5.41) is 2.53. The van der Waals surface area contributed by atoms with Crippen molar-refractivity contribution in [1.29, 1.82) is 0 Å². The van der Waals surface area contributed by atoms with Gasteiger partial charge in [0.05, 0.1) is 18.6 Å². The molecule has 33 heavy (non-hydrogen) atoms. The Balaban J connectivity index is 1.44. The van der Waals surface area contributed by atoms with Crippen molar-refractivity contribution in [3.63, 3.8) is 0 Å². The highest BCUT2D eigenvalue weighted by atomic mass is 32.2. The monoisotopic (exact) mass is 458 g/mol. The molecule has 1 heterocycles. The summed E-state index contributed by atoms with van der Waals surface area (Å²) in [5.41, 5.74) is 3.76. The minimum absolute atomic E-state index is 0.133. The molecule has 0 saturated carbocycles. The first kappa shape index (κ1) is 22.4. The van der Waals surface area contributed by atoms with Crippen LogP contribution in [0.1, 0.15) is 27.0 Å². The molecular formula is C26H22N2O4S. The molecule has 0 radical (unpaired) electrons. The van der Waals surface area contributed by atoms with Crippen molar-refractivity contribution in [2.24, 2.45) is 0 Å². The van der Waals surface area contributed by atoms with E-state index in [1.165, 1.54) is 4.90 Å². The number of imide groups is 1. The fourth-order valence-corrected chi connectivity index (χ4v) is 4.26. The SMILES string of the molecule is COc1ccccc1/C=C1\SC(=O)N(Cc2ccc(C(=O)Nc3cccc(C)c3)cc2)C1=O. The molecule has 3 amide bonds. The van der Waals surface area contributed by atoms with Gasteiger partial charge in [-0.2, -0.15) is 0 Å². The van der Waals surface area contributed by atoms with E-state index >= 15 is 0 Å². The van der Waals surface area contributed by atoms with Crippen LogP contribution in [-0.4, -0.2) is 29.1 Å². The topological polar surface area (TPSA) is 75.7 Å². The number of nitrogens with one attached hydrogen (secondary N) is 1. The molecule has 1 aliphatic rings. The van der Waals surface area contributed by atoms with Gasteiger partial charge in [0, 0.05) is 16.8 Å². The number of methoxy groups -OCH3 is 1. The van der Waals surface area contributed by atoms with E-state index in [0.29, 0.717) is 16.2 Å². The number of thioether (sulfide) groups is 1. The third-order valence-electron chi connectivity index (χ3n) is 5.13. The van der Waals surface area contributed by atoms with E-state index in [4.69, 9.17) is 4.74 Å². The van der Waals surface area contributed by atoms with E-state index in [1.807, 2.05) is 49.4 Å². The van der Waals surface area contributed by atoms with Crippen LogP contribution in [0.2, 0.25) is 0 Å². The zero-order chi connectivity index (χ0) is 23.4. The Labute approximate surface area is 196 Å². The Bertz CT molecular complexity index is 1250. The van der Waals surface area contributed by atoms with E-state index in [-0.39, 0.29) is 23.6 Å². The lowest BCUT2D eigenvalue weighted by Crippen LogP contribution is -2.27. The van der Waals surface area contributed by atoms with Crippen LogP contribution in [0.4, 0.5) is 10.5 Å². The highest BCUT2D eigenvalue weighted by Crippen LogP contribution is 2.34. The molecule has 7 heteroatoms. The summed E-state index contributed by atoms with van der Waals surface area (Å²) < 4.78 is 5.32. The molecular weight excluding hydrogens is 436 g/mol. The van der Waals surface area contributed by atoms with Gasteiger partial charge in [0.15, 0.2) is 0 Å². The van der Waals surface area contributed by atoms with Crippen molar-refractivity contribution in [2.45, 2.75) is 13.5 Å². The van der Waals surface area contributed by atoms with Gasteiger partial charge in [-0.25, -0.2) is 0 Å². The first-order valence-electron chi connectivity index (χ1n) is 10.3. The average Bonchev–Trinajstić information content (AvgIpc) is 3.07. The first-order chi connectivity index (χ1) is 15.9. The number of hydrogen-bond donors (Lipinski definition) is 1. The molecule has 0 aromatic heterocycles. The van der Waals surface area contributed by atoms with Gasteiger partial charge >= 0.3 is 0 Å². The summed E-state index contributed by atoms with van der Waals surface area (Å²) >= 11 is 0.904. The second kappa shape index (κ2) is 9.75. The van der Waals surface area contributed by atoms with Crippen molar-refractivity contribution in [3.8, 4) is 5.75 Å². The number of anilines is 1. The lowest BCUT2D eigenvalue weighted by Gasteiger charge is -2.13. The first-order valence-corrected chi connectivity index (χ1v) is 11.1. The number of ether oxygens (including phenoxy) is 1. The Kier molecular flexibility index (Phi) is 6.60. The van der Waals surface area contributed by atoms with Gasteiger partial charge in [-0.1, -0.05) is 42.5 Å². The molecule has 0 atom stereocenters. The zero-order valence-electron chi connectivity index (χ0n) is 18.2. The molecule has 0 unspecified atom stereocenters. The molecule has 6 nitrogen and oxygen atoms in total. The van der Waals surface area contributed by atoms with E-state index in [0.717, 1.165) is 34.1 Å². The number of rotatable bonds is 6. The largest absolute Gasteiger partial charge is 0.496 e. The van der Waals surface area contributed by atoms with Crippen molar-refractivity contribution < 1.29 is 19.1 Å². The molecule has 1 saturated heterocycles. The predicted octanol–water partition coefficient (Wildman–Crippen LogP) is 5.49. The van der Waals surface area contributed by atoms with Crippen LogP contribution < -0.4 is 10.1 Å². The van der Waals surface area contributed by atoms with Gasteiger partial charge in [0.2, 0.25) is 0 Å². The Hall–Kier alpha value is -3.84. The molecule has 1 N–H and O–H groups in total. The van der Waals surface area contributed by atoms with Crippen LogP contribution in [0.3, 0.4) is 0 Å². The van der Waals surface area contributed by atoms with E-state index in [9.17, 15) is 14.4 Å². The second-order valence-corrected chi connectivity index (χ2v) is 8.52. The minimum Gasteiger partial charge on any atom is -0.496 e. The summed E-state index contributed by atoms with van der Waals surface area (Å²) in [4.78, 5) is 39.4. The van der Waals surface area contributed by atoms with E-state index < -0.39 is 0 Å². The average molecular weight is 459 g/mol. The molecule has 166 valence electrons. The number of nitrogens with zero attached hydrogens (tertiary/aromatic N) is 1. The van der Waals surface area contributed by atoms with E-state index in [1.54, 1.807) is 43.5 Å². The number of aryl methyl sites for hydroxylation is 1. The number of benzene rings is 3. The fraction of sp³-hybridized carbons (Fsp3) is 0.115. The fourth-order valence-electron chi connectivity index (χ4n) is 3.43. The molecule has 0 spiro atoms. The maximum atomic E-state index is 12.8. The summed E-state index contributed by atoms with van der Waals surface area (Å²) in [6.45, 7) is 2.09. The molecule has 4 rings (SSSR count). The van der Waals surface area contributed by atoms with Gasteiger partial charge < -0.3 is 10.1 Å². The van der Waals surface area contributed by atoms with Crippen LogP contribution in [0.15, 0.2) is 77.7 Å². The third kappa shape index (κ3) is 5.15. The van der Waals surface area contributed by atoms with E-state index in [2.05, 4.69) is 5.32 Å². The molecule has 1 fully saturated rings. The number of hydrogen-bond acceptors (Lipinski definition) is 5. The van der Waals surface area contributed by atoms with Crippen LogP contribution >= 0.6 is 11.8 Å². The van der Waals surface area contributed by atoms with Crippen molar-refractivity contribution in [2.75, 3.05) is 12.4 Å². The number of carbonyl (C=O) groups excluding carboxylic acids is 3. The van der Waals surface area contributed by atoms with Gasteiger partial charge in [-0.15, -0.1) is 0 Å². The summed E-state index contributed by atoms with van der Waals surface area (Å²) in [6.07, 6.45) is 1.67. The number of carbonyl (C=O) groups is 3. The number of para-hydroxylation sites is 1. The van der Waals surface area contributed by atoms with Crippen LogP contribution in [0, 0.1) is 6.92 Å². The van der Waals surface area contributed by atoms with Crippen LogP contribution in [-0.2, 0) is 11.3 Å². The smallest absolute Gasteiger partial charge is 0.293 e. The standard InChI is InChI=1S/C26H22N2O4S/c1-17-6-5-8-21(14-17)27-24(29)19-12-10-18(11-13-19)16-28-25(30)23(33-26(28)31)15-20-7-3-4-9-22(20)32-2/h3-15H,16H2,1-2H3,(H,27,29)/b23-15-. The maximum absolute atomic E-state index is 12.8. The van der Waals surface area contributed by atoms with Crippen molar-refractivity contribution in [1.82, 2.24) is 4.90 Å². The van der Waals surface area contributed by atoms with Crippen molar-refractivity contribution >= 4 is 40.6 Å². The predicted molar refractivity (Wildman–Crippen MR) is 130 cm³/mol. The van der Waals surface area contributed by atoms with Gasteiger partial charge in [0.1, 0.15) is 5.75 Å². The second-order valence-electron chi connectivity index (χ2n) is 7.53. The summed E-state index contributed by atoms with van der Waals surface area (Å²) in [5.74, 6) is 0.0547. The molecule has 3 aromatic rings. The summed E-state index contributed by atoms with van der Waals surface area (Å²) in [7, 11) is 1.56. The van der Waals surface area contributed by atoms with Gasteiger partial charge in [-0.3, -0.25) is 19.3 Å². The highest BCUT2D eigenvalue weighted by Gasteiger charge is 2.35. The maximum Gasteiger partial charge on any atom is 0.293 e. The quantitative estimate of drug-likeness (QED) is 0.494. The molecule has 3 aromatic carbocycles. The third-order valence-corrected chi connectivity index (χ3v) is 6.04. The lowest BCUT2D eigenvalue weighted by atomic mass is 10.1. The summed E-state index contributed by atoms with van der Waals surface area (Å²) in [6, 6.07) is 21.7. The minimum atomic E-state index is -0.350. The highest BCUT2D eigenvalue weighted by molar-refractivity contribution is 8.18. The molecule has 1 aliphatic heterocycles. The number of amides is 3. The normalized spacial score (nSPS) is 14.6. The Morgan fingerprint density at radius 3 is 2.52 bits per heavy atom. The Morgan fingerprint density at radius 2 is 1.79 bits per heavy atom. The van der Waals surface area contributed by atoms with Gasteiger partial charge in [-0.05, 0) is 66.2 Å². The lowest BCUT2D eigenvalue weighted by molar-refractivity contribution is -0.123. The van der Waals surface area contributed by atoms with Crippen LogP contribution in [0.25, 0.3) is 6.08 Å². The van der Waals surface area contributed by atoms with Crippen LogP contribution in [0.5, 0.6) is 5.75 Å².